The molecule has 5 nitrogen and oxygen atoms in total. The van der Waals surface area contributed by atoms with E-state index in [9.17, 15) is 4.79 Å². The van der Waals surface area contributed by atoms with Crippen LogP contribution in [-0.4, -0.2) is 28.7 Å². The van der Waals surface area contributed by atoms with Gasteiger partial charge in [0.1, 0.15) is 0 Å². The van der Waals surface area contributed by atoms with E-state index in [0.717, 1.165) is 17.1 Å². The summed E-state index contributed by atoms with van der Waals surface area (Å²) in [5.41, 5.74) is 8.39. The predicted octanol–water partition coefficient (Wildman–Crippen LogP) is 0.0905. The quantitative estimate of drug-likeness (QED) is 0.665. The highest BCUT2D eigenvalue weighted by Gasteiger charge is 2.30. The number of hydrogen-bond donors (Lipinski definition) is 2. The fourth-order valence-electron chi connectivity index (χ4n) is 1.89. The average Bonchev–Trinajstić information content (AvgIpc) is 2.57. The highest BCUT2D eigenvalue weighted by molar-refractivity contribution is 5.97. The normalized spacial score (nSPS) is 22.1. The monoisotopic (exact) mass is 194 g/mol. The Bertz CT molecular complexity index is 351. The molecule has 1 amide bonds. The Morgan fingerprint density at radius 3 is 2.71 bits per heavy atom. The van der Waals surface area contributed by atoms with Crippen molar-refractivity contribution >= 4 is 11.6 Å². The Morgan fingerprint density at radius 1 is 1.57 bits per heavy atom. The number of nitrogens with two attached hydrogens (primary N) is 1. The Kier molecular flexibility index (Phi) is 2.03. The summed E-state index contributed by atoms with van der Waals surface area (Å²) in [4.78, 5) is 13.3. The van der Waals surface area contributed by atoms with Crippen LogP contribution in [-0.2, 0) is 4.79 Å². The van der Waals surface area contributed by atoms with E-state index in [1.54, 1.807) is 4.90 Å². The van der Waals surface area contributed by atoms with Crippen molar-refractivity contribution in [2.75, 3.05) is 11.4 Å². The van der Waals surface area contributed by atoms with Gasteiger partial charge < -0.3 is 10.6 Å². The molecule has 1 atom stereocenters. The van der Waals surface area contributed by atoms with Crippen LogP contribution in [0.5, 0.6) is 0 Å². The number of aryl methyl sites for hydroxylation is 2. The Balaban J connectivity index is 2.36. The van der Waals surface area contributed by atoms with Gasteiger partial charge in [-0.15, -0.1) is 0 Å². The van der Waals surface area contributed by atoms with Gasteiger partial charge in [0.2, 0.25) is 5.91 Å². The molecule has 3 N–H and O–H groups in total. The molecule has 0 bridgehead atoms. The second kappa shape index (κ2) is 3.09. The summed E-state index contributed by atoms with van der Waals surface area (Å²) < 4.78 is 0. The molecule has 1 aliphatic heterocycles. The topological polar surface area (TPSA) is 75.0 Å². The first kappa shape index (κ1) is 9.21. The van der Waals surface area contributed by atoms with Crippen molar-refractivity contribution < 1.29 is 4.79 Å². The van der Waals surface area contributed by atoms with E-state index >= 15 is 0 Å². The second-order valence-corrected chi connectivity index (χ2v) is 3.75. The first-order valence-electron chi connectivity index (χ1n) is 4.67. The van der Waals surface area contributed by atoms with E-state index in [-0.39, 0.29) is 11.9 Å². The van der Waals surface area contributed by atoms with E-state index in [4.69, 9.17) is 5.73 Å². The standard InChI is InChI=1S/C9H14N4O/c1-5-9(6(2)12-11-5)13-4-7(10)3-8(13)14/h7H,3-4,10H2,1-2H3,(H,11,12). The van der Waals surface area contributed by atoms with Gasteiger partial charge in [-0.2, -0.15) is 5.10 Å². The lowest BCUT2D eigenvalue weighted by Gasteiger charge is -2.15. The van der Waals surface area contributed by atoms with Crippen molar-refractivity contribution in [3.63, 3.8) is 0 Å². The number of hydrogen-bond acceptors (Lipinski definition) is 3. The number of amides is 1. The van der Waals surface area contributed by atoms with E-state index in [1.165, 1.54) is 0 Å². The third kappa shape index (κ3) is 1.29. The molecule has 1 aliphatic rings. The van der Waals surface area contributed by atoms with E-state index < -0.39 is 0 Å². The van der Waals surface area contributed by atoms with Crippen LogP contribution < -0.4 is 10.6 Å². The number of aromatic nitrogens is 2. The van der Waals surface area contributed by atoms with Crippen molar-refractivity contribution in [2.45, 2.75) is 26.3 Å². The molecule has 0 spiro atoms. The zero-order chi connectivity index (χ0) is 10.3. The molecule has 5 heteroatoms. The third-order valence-corrected chi connectivity index (χ3v) is 2.51. The predicted molar refractivity (Wildman–Crippen MR) is 53.0 cm³/mol. The smallest absolute Gasteiger partial charge is 0.228 e. The summed E-state index contributed by atoms with van der Waals surface area (Å²) in [5, 5.41) is 6.92. The number of carbonyl (C=O) groups excluding carboxylic acids is 1. The molecule has 1 saturated heterocycles. The number of nitrogens with one attached hydrogen (secondary N) is 1. The van der Waals surface area contributed by atoms with Crippen LogP contribution >= 0.6 is 0 Å². The highest BCUT2D eigenvalue weighted by atomic mass is 16.2. The molecule has 1 aromatic rings. The zero-order valence-electron chi connectivity index (χ0n) is 8.37. The molecule has 1 unspecified atom stereocenters. The lowest BCUT2D eigenvalue weighted by atomic mass is 10.3. The van der Waals surface area contributed by atoms with Gasteiger partial charge in [-0.25, -0.2) is 0 Å². The molecule has 2 rings (SSSR count). The minimum Gasteiger partial charge on any atom is -0.326 e. The van der Waals surface area contributed by atoms with E-state index in [1.807, 2.05) is 13.8 Å². The van der Waals surface area contributed by atoms with Crippen molar-refractivity contribution in [3.8, 4) is 0 Å². The SMILES string of the molecule is Cc1n[nH]c(C)c1N1CC(N)CC1=O. The molecule has 2 heterocycles. The molecule has 0 saturated carbocycles. The molecule has 0 radical (unpaired) electrons. The highest BCUT2D eigenvalue weighted by Crippen LogP contribution is 2.26. The van der Waals surface area contributed by atoms with Gasteiger partial charge in [-0.1, -0.05) is 0 Å². The number of carbonyl (C=O) groups is 1. The summed E-state index contributed by atoms with van der Waals surface area (Å²) in [7, 11) is 0. The minimum atomic E-state index is -0.0452. The number of aromatic amines is 1. The van der Waals surface area contributed by atoms with Crippen molar-refractivity contribution in [2.24, 2.45) is 5.73 Å². The second-order valence-electron chi connectivity index (χ2n) is 3.75. The molecule has 0 aliphatic carbocycles. The van der Waals surface area contributed by atoms with Gasteiger partial charge >= 0.3 is 0 Å². The molecule has 1 aromatic heterocycles. The fraction of sp³-hybridized carbons (Fsp3) is 0.556. The molecule has 1 fully saturated rings. The summed E-state index contributed by atoms with van der Waals surface area (Å²) in [6.07, 6.45) is 0.435. The van der Waals surface area contributed by atoms with Gasteiger partial charge in [0, 0.05) is 19.0 Å². The van der Waals surface area contributed by atoms with Crippen molar-refractivity contribution in [1.29, 1.82) is 0 Å². The Morgan fingerprint density at radius 2 is 2.29 bits per heavy atom. The number of H-pyrrole nitrogens is 1. The molecule has 76 valence electrons. The van der Waals surface area contributed by atoms with Gasteiger partial charge in [0.25, 0.3) is 0 Å². The Hall–Kier alpha value is -1.36. The maximum absolute atomic E-state index is 11.6. The summed E-state index contributed by atoms with van der Waals surface area (Å²) in [6.45, 7) is 4.39. The third-order valence-electron chi connectivity index (χ3n) is 2.51. The zero-order valence-corrected chi connectivity index (χ0v) is 8.37. The maximum atomic E-state index is 11.6. The first-order valence-corrected chi connectivity index (χ1v) is 4.67. The maximum Gasteiger partial charge on any atom is 0.228 e. The van der Waals surface area contributed by atoms with E-state index in [0.29, 0.717) is 13.0 Å². The Labute approximate surface area is 82.3 Å². The number of anilines is 1. The van der Waals surface area contributed by atoms with Crippen molar-refractivity contribution in [1.82, 2.24) is 10.2 Å². The lowest BCUT2D eigenvalue weighted by Crippen LogP contribution is -2.28. The summed E-state index contributed by atoms with van der Waals surface area (Å²) in [5.74, 6) is 0.0881. The van der Waals surface area contributed by atoms with Gasteiger partial charge in [-0.05, 0) is 13.8 Å². The molecule has 0 aromatic carbocycles. The fourth-order valence-corrected chi connectivity index (χ4v) is 1.89. The van der Waals surface area contributed by atoms with Crippen LogP contribution in [0.4, 0.5) is 5.69 Å². The van der Waals surface area contributed by atoms with Gasteiger partial charge in [0.05, 0.1) is 17.1 Å². The van der Waals surface area contributed by atoms with E-state index in [2.05, 4.69) is 10.2 Å². The largest absolute Gasteiger partial charge is 0.326 e. The summed E-state index contributed by atoms with van der Waals surface area (Å²) >= 11 is 0. The number of rotatable bonds is 1. The first-order chi connectivity index (χ1) is 6.59. The van der Waals surface area contributed by atoms with Crippen molar-refractivity contribution in [3.05, 3.63) is 11.4 Å². The van der Waals surface area contributed by atoms with Crippen LogP contribution in [0.2, 0.25) is 0 Å². The van der Waals surface area contributed by atoms with Gasteiger partial charge in [-0.3, -0.25) is 9.89 Å². The van der Waals surface area contributed by atoms with Crippen LogP contribution in [0, 0.1) is 13.8 Å². The molecular formula is C9H14N4O. The minimum absolute atomic E-state index is 0.0452. The van der Waals surface area contributed by atoms with Crippen LogP contribution in [0.3, 0.4) is 0 Å². The van der Waals surface area contributed by atoms with Crippen LogP contribution in [0.15, 0.2) is 0 Å². The van der Waals surface area contributed by atoms with Gasteiger partial charge in [0.15, 0.2) is 0 Å². The van der Waals surface area contributed by atoms with Crippen LogP contribution in [0.1, 0.15) is 17.8 Å². The number of nitrogens with zero attached hydrogens (tertiary/aromatic N) is 2. The lowest BCUT2D eigenvalue weighted by molar-refractivity contribution is -0.117. The molecular weight excluding hydrogens is 180 g/mol. The molecule has 14 heavy (non-hydrogen) atoms. The average molecular weight is 194 g/mol. The summed E-state index contributed by atoms with van der Waals surface area (Å²) in [6, 6.07) is -0.0452. The van der Waals surface area contributed by atoms with Crippen LogP contribution in [0.25, 0.3) is 0 Å².